The van der Waals surface area contributed by atoms with E-state index in [9.17, 15) is 4.79 Å². The van der Waals surface area contributed by atoms with Crippen LogP contribution in [0.4, 0.5) is 0 Å². The standard InChI is InChI=1S/C12H21N3O2/c1-8(7-10(16)17)6-9-13-11(12(2,3)4)14-15(9)5/h8H,6-7H2,1-5H3,(H,16,17). The molecule has 0 fully saturated rings. The van der Waals surface area contributed by atoms with E-state index in [0.29, 0.717) is 6.42 Å². The second kappa shape index (κ2) is 4.85. The molecule has 1 aromatic heterocycles. The first-order valence-corrected chi connectivity index (χ1v) is 5.82. The Labute approximate surface area is 102 Å². The van der Waals surface area contributed by atoms with Gasteiger partial charge in [0.2, 0.25) is 0 Å². The summed E-state index contributed by atoms with van der Waals surface area (Å²) in [6, 6.07) is 0. The zero-order chi connectivity index (χ0) is 13.2. The van der Waals surface area contributed by atoms with Crippen molar-refractivity contribution in [3.05, 3.63) is 11.6 Å². The minimum absolute atomic E-state index is 0.0724. The average Bonchev–Trinajstić information content (AvgIpc) is 2.45. The van der Waals surface area contributed by atoms with E-state index in [1.165, 1.54) is 0 Å². The number of hydrogen-bond donors (Lipinski definition) is 1. The van der Waals surface area contributed by atoms with Crippen LogP contribution in [0.1, 0.15) is 45.8 Å². The monoisotopic (exact) mass is 239 g/mol. The van der Waals surface area contributed by atoms with Crippen LogP contribution in [-0.4, -0.2) is 25.8 Å². The molecule has 0 aromatic carbocycles. The Morgan fingerprint density at radius 3 is 2.47 bits per heavy atom. The summed E-state index contributed by atoms with van der Waals surface area (Å²) in [6.07, 6.45) is 0.809. The maximum absolute atomic E-state index is 10.6. The van der Waals surface area contributed by atoms with Crippen molar-refractivity contribution in [1.82, 2.24) is 14.8 Å². The second-order valence-electron chi connectivity index (χ2n) is 5.63. The van der Waals surface area contributed by atoms with Crippen LogP contribution in [0.15, 0.2) is 0 Å². The van der Waals surface area contributed by atoms with Crippen molar-refractivity contribution < 1.29 is 9.90 Å². The number of aliphatic carboxylic acids is 1. The fourth-order valence-electron chi connectivity index (χ4n) is 1.59. The van der Waals surface area contributed by atoms with Crippen LogP contribution in [0.25, 0.3) is 0 Å². The molecule has 1 unspecified atom stereocenters. The van der Waals surface area contributed by atoms with Gasteiger partial charge in [0.05, 0.1) is 0 Å². The number of rotatable bonds is 4. The molecule has 0 spiro atoms. The lowest BCUT2D eigenvalue weighted by molar-refractivity contribution is -0.137. The lowest BCUT2D eigenvalue weighted by atomic mass is 9.96. The number of carbonyl (C=O) groups is 1. The molecule has 1 aromatic rings. The van der Waals surface area contributed by atoms with Crippen molar-refractivity contribution in [3.8, 4) is 0 Å². The van der Waals surface area contributed by atoms with Gasteiger partial charge in [-0.25, -0.2) is 4.98 Å². The first-order valence-electron chi connectivity index (χ1n) is 5.82. The topological polar surface area (TPSA) is 68.0 Å². The van der Waals surface area contributed by atoms with Gasteiger partial charge in [0.1, 0.15) is 5.82 Å². The molecule has 0 bridgehead atoms. The van der Waals surface area contributed by atoms with Crippen LogP contribution in [-0.2, 0) is 23.7 Å². The first kappa shape index (κ1) is 13.7. The molecular weight excluding hydrogens is 218 g/mol. The largest absolute Gasteiger partial charge is 0.481 e. The molecule has 1 atom stereocenters. The molecule has 5 heteroatoms. The summed E-state index contributed by atoms with van der Waals surface area (Å²) in [5, 5.41) is 13.1. The third-order valence-electron chi connectivity index (χ3n) is 2.58. The maximum atomic E-state index is 10.6. The highest BCUT2D eigenvalue weighted by Crippen LogP contribution is 2.19. The van der Waals surface area contributed by atoms with Gasteiger partial charge in [-0.1, -0.05) is 27.7 Å². The van der Waals surface area contributed by atoms with Gasteiger partial charge in [0.15, 0.2) is 5.82 Å². The number of hydrogen-bond acceptors (Lipinski definition) is 3. The molecular formula is C12H21N3O2. The Morgan fingerprint density at radius 1 is 1.47 bits per heavy atom. The SMILES string of the molecule is CC(CC(=O)O)Cc1nc(C(C)(C)C)nn1C. The summed E-state index contributed by atoms with van der Waals surface area (Å²) in [5.74, 6) is 0.958. The van der Waals surface area contributed by atoms with Gasteiger partial charge in [-0.2, -0.15) is 5.10 Å². The normalized spacial score (nSPS) is 13.7. The number of carboxylic acids is 1. The number of aryl methyl sites for hydroxylation is 1. The van der Waals surface area contributed by atoms with Gasteiger partial charge in [-0.15, -0.1) is 0 Å². The van der Waals surface area contributed by atoms with Crippen molar-refractivity contribution in [1.29, 1.82) is 0 Å². The van der Waals surface area contributed by atoms with Crippen molar-refractivity contribution in [2.24, 2.45) is 13.0 Å². The summed E-state index contributed by atoms with van der Waals surface area (Å²) < 4.78 is 1.75. The molecule has 1 rings (SSSR count). The molecule has 0 aliphatic heterocycles. The molecule has 0 saturated heterocycles. The van der Waals surface area contributed by atoms with Gasteiger partial charge in [-0.3, -0.25) is 9.48 Å². The van der Waals surface area contributed by atoms with Gasteiger partial charge in [-0.05, 0) is 5.92 Å². The fourth-order valence-corrected chi connectivity index (χ4v) is 1.59. The summed E-state index contributed by atoms with van der Waals surface area (Å²) >= 11 is 0. The highest BCUT2D eigenvalue weighted by atomic mass is 16.4. The van der Waals surface area contributed by atoms with Crippen molar-refractivity contribution in [2.45, 2.75) is 46.0 Å². The number of aromatic nitrogens is 3. The first-order chi connectivity index (χ1) is 7.70. The predicted molar refractivity (Wildman–Crippen MR) is 64.8 cm³/mol. The highest BCUT2D eigenvalue weighted by molar-refractivity contribution is 5.66. The molecule has 1 heterocycles. The lowest BCUT2D eigenvalue weighted by Gasteiger charge is -2.12. The Balaban J connectivity index is 2.79. The summed E-state index contributed by atoms with van der Waals surface area (Å²) in [6.45, 7) is 8.10. The molecule has 0 aliphatic rings. The van der Waals surface area contributed by atoms with Crippen LogP contribution in [0.5, 0.6) is 0 Å². The van der Waals surface area contributed by atoms with Crippen LogP contribution < -0.4 is 0 Å². The molecule has 96 valence electrons. The van der Waals surface area contributed by atoms with Crippen molar-refractivity contribution in [3.63, 3.8) is 0 Å². The van der Waals surface area contributed by atoms with E-state index >= 15 is 0 Å². The molecule has 5 nitrogen and oxygen atoms in total. The molecule has 17 heavy (non-hydrogen) atoms. The molecule has 0 radical (unpaired) electrons. The zero-order valence-electron chi connectivity index (χ0n) is 11.2. The maximum Gasteiger partial charge on any atom is 0.303 e. The predicted octanol–water partition coefficient (Wildman–Crippen LogP) is 1.77. The quantitative estimate of drug-likeness (QED) is 0.869. The van der Waals surface area contributed by atoms with Gasteiger partial charge >= 0.3 is 5.97 Å². The van der Waals surface area contributed by atoms with E-state index in [2.05, 4.69) is 30.9 Å². The summed E-state index contributed by atoms with van der Waals surface area (Å²) in [5.41, 5.74) is -0.0773. The van der Waals surface area contributed by atoms with Crippen LogP contribution >= 0.6 is 0 Å². The van der Waals surface area contributed by atoms with E-state index in [1.807, 2.05) is 14.0 Å². The number of carboxylic acid groups (broad SMARTS) is 1. The molecule has 1 N–H and O–H groups in total. The Hall–Kier alpha value is -1.39. The van der Waals surface area contributed by atoms with Crippen molar-refractivity contribution >= 4 is 5.97 Å². The molecule has 0 amide bonds. The van der Waals surface area contributed by atoms with Gasteiger partial charge in [0.25, 0.3) is 0 Å². The third kappa shape index (κ3) is 3.84. The van der Waals surface area contributed by atoms with E-state index < -0.39 is 5.97 Å². The minimum atomic E-state index is -0.768. The van der Waals surface area contributed by atoms with Crippen LogP contribution in [0.3, 0.4) is 0 Å². The molecule has 0 saturated carbocycles. The average molecular weight is 239 g/mol. The fraction of sp³-hybridized carbons (Fsp3) is 0.750. The second-order valence-corrected chi connectivity index (χ2v) is 5.63. The Bertz CT molecular complexity index is 404. The summed E-state index contributed by atoms with van der Waals surface area (Å²) in [7, 11) is 1.85. The lowest BCUT2D eigenvalue weighted by Crippen LogP contribution is -2.13. The van der Waals surface area contributed by atoms with Crippen LogP contribution in [0.2, 0.25) is 0 Å². The van der Waals surface area contributed by atoms with Gasteiger partial charge < -0.3 is 5.11 Å². The Kier molecular flexibility index (Phi) is 3.91. The van der Waals surface area contributed by atoms with E-state index in [-0.39, 0.29) is 17.8 Å². The smallest absolute Gasteiger partial charge is 0.303 e. The highest BCUT2D eigenvalue weighted by Gasteiger charge is 2.21. The van der Waals surface area contributed by atoms with Crippen LogP contribution in [0, 0.1) is 5.92 Å². The van der Waals surface area contributed by atoms with Gasteiger partial charge in [0, 0.05) is 25.3 Å². The van der Waals surface area contributed by atoms with E-state index in [4.69, 9.17) is 5.11 Å². The zero-order valence-corrected chi connectivity index (χ0v) is 11.2. The van der Waals surface area contributed by atoms with Crippen molar-refractivity contribution in [2.75, 3.05) is 0 Å². The summed E-state index contributed by atoms with van der Waals surface area (Å²) in [4.78, 5) is 15.1. The number of nitrogens with zero attached hydrogens (tertiary/aromatic N) is 3. The third-order valence-corrected chi connectivity index (χ3v) is 2.58. The minimum Gasteiger partial charge on any atom is -0.481 e. The molecule has 0 aliphatic carbocycles. The van der Waals surface area contributed by atoms with E-state index in [1.54, 1.807) is 4.68 Å². The Morgan fingerprint density at radius 2 is 2.06 bits per heavy atom. The van der Waals surface area contributed by atoms with E-state index in [0.717, 1.165) is 11.6 Å².